The first-order valence-electron chi connectivity index (χ1n) is 23.9. The zero-order chi connectivity index (χ0) is 50.0. The second-order valence-electron chi connectivity index (χ2n) is 16.7. The Kier molecular flexibility index (Phi) is 34.8. The van der Waals surface area contributed by atoms with Crippen molar-refractivity contribution in [3.8, 4) is 0 Å². The summed E-state index contributed by atoms with van der Waals surface area (Å²) in [5.41, 5.74) is 0. The Bertz CT molecular complexity index is 1590. The molecule has 0 radical (unpaired) electrons. The lowest BCUT2D eigenvalue weighted by molar-refractivity contribution is -0.213. The zero-order valence-electron chi connectivity index (χ0n) is 39.5. The second kappa shape index (κ2) is 37.0. The number of phosphoric ester groups is 3. The van der Waals surface area contributed by atoms with Crippen molar-refractivity contribution in [2.24, 2.45) is 0 Å². The number of unbranched alkanes of at least 4 members (excludes halogenated alkanes) is 16. The van der Waals surface area contributed by atoms with Gasteiger partial charge in [0.15, 0.2) is 6.10 Å². The summed E-state index contributed by atoms with van der Waals surface area (Å²) >= 11 is 0. The van der Waals surface area contributed by atoms with Crippen molar-refractivity contribution in [1.29, 1.82) is 0 Å². The SMILES string of the molecule is CCCCCC=CCC=CCC=CCCCCC(=O)OC[C@H](COP(=O)(O)O[C@H]1C(O)C(O)C(OP(=O)(O)O)[C@@H](OP(=O)(O)O)C1O)OC(=O)CCCCCCCCCC=CCCCCCC. The van der Waals surface area contributed by atoms with Crippen LogP contribution in [0.1, 0.15) is 168 Å². The number of esters is 2. The fourth-order valence-corrected chi connectivity index (χ4v) is 9.09. The van der Waals surface area contributed by atoms with Crippen molar-refractivity contribution in [3.63, 3.8) is 0 Å². The standard InChI is InChI=1S/C45H81O19P3/c1-3-5-7-9-11-13-15-17-19-21-23-25-27-29-31-33-38(46)59-35-37(61-39(47)34-32-30-28-26-24-22-20-18-16-14-12-10-8-6-4-2)36-60-67(57,58)64-43-40(48)41(49)44(62-65(51,52)53)45(42(43)50)63-66(54,55)56/h11,13-14,16-17,19,23,25,37,40-45,48-50H,3-10,12,15,18,20-22,24,26-36H2,1-2H3,(H,57,58)(H2,51,52,53)(H2,54,55,56)/t37-,40?,41?,42?,43+,44?,45+/m1/s1. The highest BCUT2D eigenvalue weighted by atomic mass is 31.2. The number of hydrogen-bond donors (Lipinski definition) is 8. The van der Waals surface area contributed by atoms with E-state index in [2.05, 4.69) is 59.4 Å². The predicted octanol–water partition coefficient (Wildman–Crippen LogP) is 8.62. The fourth-order valence-electron chi connectivity index (χ4n) is 6.99. The Morgan fingerprint density at radius 3 is 1.40 bits per heavy atom. The van der Waals surface area contributed by atoms with E-state index in [9.17, 15) is 63.1 Å². The molecule has 22 heteroatoms. The average Bonchev–Trinajstić information content (AvgIpc) is 3.25. The van der Waals surface area contributed by atoms with Gasteiger partial charge in [-0.1, -0.05) is 127 Å². The molecule has 1 aliphatic rings. The van der Waals surface area contributed by atoms with Crippen LogP contribution in [0.25, 0.3) is 0 Å². The summed E-state index contributed by atoms with van der Waals surface area (Å²) in [4.78, 5) is 73.2. The van der Waals surface area contributed by atoms with Gasteiger partial charge in [-0.2, -0.15) is 0 Å². The van der Waals surface area contributed by atoms with Crippen molar-refractivity contribution in [3.05, 3.63) is 48.6 Å². The molecule has 67 heavy (non-hydrogen) atoms. The molecule has 0 bridgehead atoms. The lowest BCUT2D eigenvalue weighted by Crippen LogP contribution is -2.65. The molecule has 0 spiro atoms. The molecule has 0 amide bonds. The molecule has 390 valence electrons. The van der Waals surface area contributed by atoms with Gasteiger partial charge in [0.1, 0.15) is 43.2 Å². The largest absolute Gasteiger partial charge is 0.472 e. The van der Waals surface area contributed by atoms with Gasteiger partial charge in [0.2, 0.25) is 0 Å². The van der Waals surface area contributed by atoms with Gasteiger partial charge in [0, 0.05) is 12.8 Å². The van der Waals surface area contributed by atoms with Crippen LogP contribution in [0.15, 0.2) is 48.6 Å². The molecular weight excluding hydrogens is 937 g/mol. The number of rotatable bonds is 40. The lowest BCUT2D eigenvalue weighted by atomic mass is 9.85. The van der Waals surface area contributed by atoms with Crippen LogP contribution in [-0.2, 0) is 50.9 Å². The monoisotopic (exact) mass is 1020 g/mol. The number of aliphatic hydroxyl groups excluding tert-OH is 3. The molecule has 0 aromatic rings. The van der Waals surface area contributed by atoms with Crippen LogP contribution in [0.5, 0.6) is 0 Å². The van der Waals surface area contributed by atoms with Crippen molar-refractivity contribution in [1.82, 2.24) is 0 Å². The Labute approximate surface area is 397 Å². The smallest absolute Gasteiger partial charge is 0.462 e. The van der Waals surface area contributed by atoms with E-state index in [4.69, 9.17) is 18.5 Å². The van der Waals surface area contributed by atoms with E-state index in [0.29, 0.717) is 19.3 Å². The van der Waals surface area contributed by atoms with Crippen LogP contribution in [0.2, 0.25) is 0 Å². The van der Waals surface area contributed by atoms with Crippen LogP contribution in [0.4, 0.5) is 0 Å². The number of carbonyl (C=O) groups is 2. The maximum absolute atomic E-state index is 13.1. The minimum Gasteiger partial charge on any atom is -0.462 e. The summed E-state index contributed by atoms with van der Waals surface area (Å²) in [5.74, 6) is -1.35. The van der Waals surface area contributed by atoms with Crippen molar-refractivity contribution in [2.75, 3.05) is 13.2 Å². The normalized spacial score (nSPS) is 22.0. The van der Waals surface area contributed by atoms with E-state index in [-0.39, 0.29) is 12.8 Å². The maximum Gasteiger partial charge on any atom is 0.472 e. The van der Waals surface area contributed by atoms with Gasteiger partial charge in [0.05, 0.1) is 6.61 Å². The summed E-state index contributed by atoms with van der Waals surface area (Å²) in [6.07, 6.45) is 22.7. The minimum absolute atomic E-state index is 0.0164. The number of allylic oxidation sites excluding steroid dienone is 8. The molecule has 1 fully saturated rings. The molecule has 1 aliphatic carbocycles. The molecule has 19 nitrogen and oxygen atoms in total. The number of aliphatic hydroxyl groups is 3. The Balaban J connectivity index is 2.77. The van der Waals surface area contributed by atoms with Crippen molar-refractivity contribution < 1.29 is 90.6 Å². The van der Waals surface area contributed by atoms with Crippen LogP contribution < -0.4 is 0 Å². The average molecular weight is 1020 g/mol. The van der Waals surface area contributed by atoms with E-state index in [1.165, 1.54) is 44.9 Å². The van der Waals surface area contributed by atoms with Gasteiger partial charge in [-0.25, -0.2) is 13.7 Å². The van der Waals surface area contributed by atoms with E-state index in [0.717, 1.165) is 77.0 Å². The Hall–Kier alpha value is -1.89. The van der Waals surface area contributed by atoms with Crippen LogP contribution >= 0.6 is 23.5 Å². The molecule has 0 aliphatic heterocycles. The predicted molar refractivity (Wildman–Crippen MR) is 252 cm³/mol. The van der Waals surface area contributed by atoms with Crippen molar-refractivity contribution in [2.45, 2.75) is 211 Å². The zero-order valence-corrected chi connectivity index (χ0v) is 42.1. The van der Waals surface area contributed by atoms with E-state index < -0.39 is 91.3 Å². The van der Waals surface area contributed by atoms with Gasteiger partial charge in [-0.15, -0.1) is 0 Å². The summed E-state index contributed by atoms with van der Waals surface area (Å²) in [5, 5.41) is 31.9. The summed E-state index contributed by atoms with van der Waals surface area (Å²) in [6, 6.07) is 0. The highest BCUT2D eigenvalue weighted by Crippen LogP contribution is 2.51. The van der Waals surface area contributed by atoms with Crippen LogP contribution in [-0.4, -0.2) is 108 Å². The topological polar surface area (TPSA) is 303 Å². The number of carbonyl (C=O) groups excluding carboxylic acids is 2. The van der Waals surface area contributed by atoms with E-state index >= 15 is 0 Å². The molecule has 1 saturated carbocycles. The fraction of sp³-hybridized carbons (Fsp3) is 0.778. The highest BCUT2D eigenvalue weighted by Gasteiger charge is 2.56. The van der Waals surface area contributed by atoms with Crippen LogP contribution in [0.3, 0.4) is 0 Å². The lowest BCUT2D eigenvalue weighted by Gasteiger charge is -2.44. The first-order chi connectivity index (χ1) is 31.8. The maximum atomic E-state index is 13.1. The number of phosphoric acid groups is 3. The minimum atomic E-state index is -5.61. The number of ether oxygens (including phenoxy) is 2. The van der Waals surface area contributed by atoms with Gasteiger partial charge in [0.25, 0.3) is 0 Å². The van der Waals surface area contributed by atoms with Crippen LogP contribution in [0, 0.1) is 0 Å². The third kappa shape index (κ3) is 33.4. The van der Waals surface area contributed by atoms with E-state index in [1.54, 1.807) is 0 Å². The van der Waals surface area contributed by atoms with Gasteiger partial charge >= 0.3 is 35.4 Å². The molecule has 0 aromatic carbocycles. The molecule has 8 N–H and O–H groups in total. The van der Waals surface area contributed by atoms with Crippen molar-refractivity contribution >= 4 is 35.4 Å². The quantitative estimate of drug-likeness (QED) is 0.0123. The molecule has 1 rings (SSSR count). The summed E-state index contributed by atoms with van der Waals surface area (Å²) in [7, 11) is -16.6. The van der Waals surface area contributed by atoms with E-state index in [1.807, 2.05) is 12.2 Å². The molecular formula is C45H81O19P3. The first kappa shape index (κ1) is 63.1. The summed E-state index contributed by atoms with van der Waals surface area (Å²) < 4.78 is 65.4. The molecule has 0 heterocycles. The molecule has 5 unspecified atom stereocenters. The second-order valence-corrected chi connectivity index (χ2v) is 20.5. The Morgan fingerprint density at radius 2 is 0.866 bits per heavy atom. The highest BCUT2D eigenvalue weighted by molar-refractivity contribution is 7.47. The first-order valence-corrected chi connectivity index (χ1v) is 28.5. The summed E-state index contributed by atoms with van der Waals surface area (Å²) in [6.45, 7) is 2.86. The molecule has 8 atom stereocenters. The van der Waals surface area contributed by atoms with Gasteiger partial charge in [-0.05, 0) is 77.0 Å². The molecule has 0 saturated heterocycles. The third-order valence-corrected chi connectivity index (χ3v) is 12.6. The third-order valence-electron chi connectivity index (χ3n) is 10.6. The number of hydrogen-bond acceptors (Lipinski definition) is 14. The Morgan fingerprint density at radius 1 is 0.478 bits per heavy atom. The molecule has 0 aromatic heterocycles. The van der Waals surface area contributed by atoms with Gasteiger partial charge < -0.3 is 49.3 Å². The van der Waals surface area contributed by atoms with Gasteiger partial charge in [-0.3, -0.25) is 27.7 Å².